The van der Waals surface area contributed by atoms with Crippen LogP contribution in [0.2, 0.25) is 0 Å². The van der Waals surface area contributed by atoms with Crippen molar-refractivity contribution in [1.82, 2.24) is 9.80 Å². The Labute approximate surface area is 289 Å². The first kappa shape index (κ1) is 34.1. The third-order valence-corrected chi connectivity index (χ3v) is 9.39. The summed E-state index contributed by atoms with van der Waals surface area (Å²) < 4.78 is 36.1. The summed E-state index contributed by atoms with van der Waals surface area (Å²) >= 11 is 0. The fraction of sp³-hybridized carbons (Fsp3) is 0.375. The summed E-state index contributed by atoms with van der Waals surface area (Å²) in [6.07, 6.45) is 0.146. The molecule has 9 heteroatoms. The van der Waals surface area contributed by atoms with Crippen molar-refractivity contribution < 1.29 is 33.2 Å². The zero-order valence-corrected chi connectivity index (χ0v) is 29.1. The van der Waals surface area contributed by atoms with Crippen molar-refractivity contribution in [2.75, 3.05) is 28.4 Å². The van der Waals surface area contributed by atoms with Crippen LogP contribution in [-0.2, 0) is 35.4 Å². The number of ether oxygens (including phenoxy) is 6. The number of carbonyl (C=O) groups excluding carboxylic acids is 1. The van der Waals surface area contributed by atoms with Crippen LogP contribution in [0, 0.1) is 0 Å². The number of hydrogen-bond acceptors (Lipinski definition) is 7. The van der Waals surface area contributed by atoms with Gasteiger partial charge in [0.05, 0.1) is 40.5 Å². The van der Waals surface area contributed by atoms with E-state index in [1.165, 1.54) is 0 Å². The second-order valence-electron chi connectivity index (χ2n) is 13.0. The van der Waals surface area contributed by atoms with E-state index in [1.807, 2.05) is 96.4 Å². The highest BCUT2D eigenvalue weighted by molar-refractivity contribution is 5.76. The molecule has 0 aromatic heterocycles. The number of carbonyl (C=O) groups is 1. The summed E-state index contributed by atoms with van der Waals surface area (Å²) in [5.74, 6) is 1.68. The largest absolute Gasteiger partial charge is 0.493 e. The minimum atomic E-state index is -0.877. The molecule has 0 saturated carbocycles. The molecule has 2 heterocycles. The van der Waals surface area contributed by atoms with Crippen molar-refractivity contribution >= 4 is 6.03 Å². The molecule has 4 aromatic rings. The molecule has 0 spiro atoms. The summed E-state index contributed by atoms with van der Waals surface area (Å²) in [6, 6.07) is 31.2. The predicted octanol–water partition coefficient (Wildman–Crippen LogP) is 6.90. The molecule has 2 fully saturated rings. The summed E-state index contributed by atoms with van der Waals surface area (Å²) in [5, 5.41) is 0. The van der Waals surface area contributed by atoms with Crippen LogP contribution in [0.4, 0.5) is 4.79 Å². The zero-order chi connectivity index (χ0) is 34.5. The van der Waals surface area contributed by atoms with Crippen LogP contribution < -0.4 is 18.9 Å². The van der Waals surface area contributed by atoms with Crippen molar-refractivity contribution in [2.24, 2.45) is 0 Å². The molecule has 9 nitrogen and oxygen atoms in total. The minimum absolute atomic E-state index is 0.0805. The van der Waals surface area contributed by atoms with E-state index in [4.69, 9.17) is 28.4 Å². The van der Waals surface area contributed by atoms with Crippen LogP contribution in [0.25, 0.3) is 0 Å². The minimum Gasteiger partial charge on any atom is -0.493 e. The number of methoxy groups -OCH3 is 4. The Kier molecular flexibility index (Phi) is 10.3. The van der Waals surface area contributed by atoms with Gasteiger partial charge in [-0.2, -0.15) is 0 Å². The quantitative estimate of drug-likeness (QED) is 0.163. The number of hydrogen-bond donors (Lipinski definition) is 0. The molecular formula is C40H46N2O7. The van der Waals surface area contributed by atoms with Gasteiger partial charge in [0, 0.05) is 13.1 Å². The molecule has 0 radical (unpaired) electrons. The van der Waals surface area contributed by atoms with Crippen LogP contribution in [0.1, 0.15) is 36.1 Å². The molecule has 4 atom stereocenters. The fourth-order valence-electron chi connectivity index (χ4n) is 7.10. The Balaban J connectivity index is 1.49. The second-order valence-corrected chi connectivity index (χ2v) is 13.0. The van der Waals surface area contributed by atoms with Gasteiger partial charge in [-0.25, -0.2) is 4.79 Å². The van der Waals surface area contributed by atoms with Crippen molar-refractivity contribution in [2.45, 2.75) is 69.9 Å². The Bertz CT molecular complexity index is 1590. The van der Waals surface area contributed by atoms with E-state index in [1.54, 1.807) is 28.4 Å². The molecule has 0 bridgehead atoms. The highest BCUT2D eigenvalue weighted by atomic mass is 16.8. The Hall–Kier alpha value is -4.73. The summed E-state index contributed by atoms with van der Waals surface area (Å²) in [6.45, 7) is 4.71. The van der Waals surface area contributed by atoms with E-state index in [9.17, 15) is 0 Å². The van der Waals surface area contributed by atoms with Gasteiger partial charge in [-0.05, 0) is 73.2 Å². The Morgan fingerprint density at radius 1 is 0.551 bits per heavy atom. The van der Waals surface area contributed by atoms with Crippen LogP contribution >= 0.6 is 0 Å². The standard InChI is InChI=1S/C40H46N2O7/c1-40(2)48-37-31(21-29-17-19-33(44-3)35(23-29)46-5)41(25-27-13-9-7-10-14-27)39(43)42(26-28-15-11-8-12-16-28)32(38(37)49-40)22-30-18-20-34(45-4)36(24-30)47-6/h7-20,23-24,31-32,37-38H,21-22,25-26H2,1-6H3/t31-,32-,37+,38+/m1/s1. The maximum absolute atomic E-state index is 15.2. The van der Waals surface area contributed by atoms with Crippen molar-refractivity contribution in [3.8, 4) is 23.0 Å². The van der Waals surface area contributed by atoms with E-state index in [0.29, 0.717) is 48.9 Å². The average Bonchev–Trinajstić information content (AvgIpc) is 3.43. The number of benzene rings is 4. The smallest absolute Gasteiger partial charge is 0.321 e. The van der Waals surface area contributed by atoms with Crippen LogP contribution in [0.5, 0.6) is 23.0 Å². The number of rotatable bonds is 12. The van der Waals surface area contributed by atoms with Gasteiger partial charge in [0.15, 0.2) is 28.8 Å². The maximum Gasteiger partial charge on any atom is 0.321 e. The molecule has 258 valence electrons. The molecule has 0 aliphatic carbocycles. The lowest BCUT2D eigenvalue weighted by atomic mass is 9.90. The van der Waals surface area contributed by atoms with Gasteiger partial charge in [0.25, 0.3) is 0 Å². The molecule has 0 N–H and O–H groups in total. The van der Waals surface area contributed by atoms with E-state index in [0.717, 1.165) is 22.3 Å². The van der Waals surface area contributed by atoms with Gasteiger partial charge in [-0.1, -0.05) is 72.8 Å². The predicted molar refractivity (Wildman–Crippen MR) is 187 cm³/mol. The van der Waals surface area contributed by atoms with Gasteiger partial charge in [-0.15, -0.1) is 0 Å². The summed E-state index contributed by atoms with van der Waals surface area (Å²) in [4.78, 5) is 19.2. The number of nitrogens with zero attached hydrogens (tertiary/aromatic N) is 2. The number of amides is 2. The molecule has 6 rings (SSSR count). The lowest BCUT2D eigenvalue weighted by molar-refractivity contribution is -0.157. The normalized spacial score (nSPS) is 21.6. The van der Waals surface area contributed by atoms with E-state index >= 15 is 4.79 Å². The number of urea groups is 1. The summed E-state index contributed by atoms with van der Waals surface area (Å²) in [7, 11) is 6.51. The Morgan fingerprint density at radius 3 is 1.31 bits per heavy atom. The first-order valence-electron chi connectivity index (χ1n) is 16.7. The van der Waals surface area contributed by atoms with Gasteiger partial charge >= 0.3 is 6.03 Å². The zero-order valence-electron chi connectivity index (χ0n) is 29.1. The van der Waals surface area contributed by atoms with Gasteiger partial charge in [0.2, 0.25) is 0 Å². The molecule has 0 unspecified atom stereocenters. The third kappa shape index (κ3) is 7.48. The molecular weight excluding hydrogens is 620 g/mol. The second kappa shape index (κ2) is 14.8. The third-order valence-electron chi connectivity index (χ3n) is 9.39. The molecule has 2 aliphatic heterocycles. The first-order chi connectivity index (χ1) is 23.7. The van der Waals surface area contributed by atoms with Gasteiger partial charge < -0.3 is 38.2 Å². The van der Waals surface area contributed by atoms with E-state index < -0.39 is 18.0 Å². The molecule has 2 amide bonds. The summed E-state index contributed by atoms with van der Waals surface area (Å²) in [5.41, 5.74) is 4.05. The fourth-order valence-corrected chi connectivity index (χ4v) is 7.10. The average molecular weight is 667 g/mol. The molecule has 2 saturated heterocycles. The van der Waals surface area contributed by atoms with Crippen LogP contribution in [0.3, 0.4) is 0 Å². The molecule has 2 aliphatic rings. The molecule has 49 heavy (non-hydrogen) atoms. The van der Waals surface area contributed by atoms with Gasteiger partial charge in [-0.3, -0.25) is 0 Å². The maximum atomic E-state index is 15.2. The van der Waals surface area contributed by atoms with Gasteiger partial charge in [0.1, 0.15) is 12.2 Å². The highest BCUT2D eigenvalue weighted by Gasteiger charge is 2.55. The van der Waals surface area contributed by atoms with E-state index in [2.05, 4.69) is 24.3 Å². The SMILES string of the molecule is COc1ccc(C[C@@H]2[C@@H]3OC(C)(C)O[C@H]3[C@@H](Cc3ccc(OC)c(OC)c3)N(Cc3ccccc3)C(=O)N2Cc2ccccc2)cc1OC. The first-order valence-corrected chi connectivity index (χ1v) is 16.7. The number of fused-ring (bicyclic) bond motifs is 1. The van der Waals surface area contributed by atoms with Crippen LogP contribution in [0.15, 0.2) is 97.1 Å². The van der Waals surface area contributed by atoms with Crippen LogP contribution in [-0.4, -0.2) is 74.3 Å². The van der Waals surface area contributed by atoms with Crippen molar-refractivity contribution in [3.63, 3.8) is 0 Å². The Morgan fingerprint density at radius 2 is 0.939 bits per heavy atom. The molecule has 4 aromatic carbocycles. The highest BCUT2D eigenvalue weighted by Crippen LogP contribution is 2.41. The monoisotopic (exact) mass is 666 g/mol. The lowest BCUT2D eigenvalue weighted by Gasteiger charge is -2.37. The topological polar surface area (TPSA) is 78.9 Å². The lowest BCUT2D eigenvalue weighted by Crippen LogP contribution is -2.51. The van der Waals surface area contributed by atoms with Crippen molar-refractivity contribution in [3.05, 3.63) is 119 Å². The van der Waals surface area contributed by atoms with E-state index in [-0.39, 0.29) is 18.1 Å². The van der Waals surface area contributed by atoms with Crippen molar-refractivity contribution in [1.29, 1.82) is 0 Å².